The maximum absolute atomic E-state index is 13.9. The van der Waals surface area contributed by atoms with Gasteiger partial charge in [0, 0.05) is 17.3 Å². The van der Waals surface area contributed by atoms with Crippen LogP contribution in [0.4, 0.5) is 10.4 Å². The van der Waals surface area contributed by atoms with Crippen LogP contribution in [0.5, 0.6) is 11.6 Å². The SMILES string of the molecule is Cc1cc(O)nc(NC2(c3ccccc3O)NS(=O)(=O)N(F)C2=O)n1. The van der Waals surface area contributed by atoms with Crippen LogP contribution in [0.2, 0.25) is 0 Å². The highest BCUT2D eigenvalue weighted by atomic mass is 32.2. The fourth-order valence-corrected chi connectivity index (χ4v) is 3.47. The van der Waals surface area contributed by atoms with E-state index in [0.717, 1.165) is 0 Å². The Kier molecular flexibility index (Phi) is 3.73. The molecule has 3 rings (SSSR count). The molecule has 1 unspecified atom stereocenters. The Morgan fingerprint density at radius 1 is 1.28 bits per heavy atom. The minimum absolute atomic E-state index is 0.270. The molecule has 2 aromatic rings. The van der Waals surface area contributed by atoms with Gasteiger partial charge in [0.25, 0.3) is 0 Å². The standard InChI is InChI=1S/C13H12FN5O5S/c1-7-6-10(21)16-12(15-7)17-13(8-4-2-3-5-9(8)20)11(22)19(14)25(23,24)18-13/h2-6,18,20H,1H3,(H2,15,16,17,21). The molecule has 10 nitrogen and oxygen atoms in total. The van der Waals surface area contributed by atoms with Gasteiger partial charge in [-0.3, -0.25) is 4.79 Å². The lowest BCUT2D eigenvalue weighted by atomic mass is 9.98. The number of phenolic OH excluding ortho intramolecular Hbond substituents is 1. The third-order valence-electron chi connectivity index (χ3n) is 3.42. The zero-order valence-electron chi connectivity index (χ0n) is 12.6. The molecular weight excluding hydrogens is 357 g/mol. The third kappa shape index (κ3) is 2.70. The summed E-state index contributed by atoms with van der Waals surface area (Å²) in [6.45, 7) is 1.52. The van der Waals surface area contributed by atoms with Gasteiger partial charge in [0.05, 0.1) is 0 Å². The first-order valence-electron chi connectivity index (χ1n) is 6.81. The summed E-state index contributed by atoms with van der Waals surface area (Å²) in [5.41, 5.74) is -2.40. The number of nitrogens with zero attached hydrogens (tertiary/aromatic N) is 3. The number of hydrogen-bond donors (Lipinski definition) is 4. The number of amides is 1. The molecule has 1 fully saturated rings. The summed E-state index contributed by atoms with van der Waals surface area (Å²) >= 11 is 0. The van der Waals surface area contributed by atoms with Gasteiger partial charge in [-0.1, -0.05) is 22.7 Å². The van der Waals surface area contributed by atoms with Crippen LogP contribution in [0.15, 0.2) is 30.3 Å². The zero-order valence-corrected chi connectivity index (χ0v) is 13.5. The molecule has 1 amide bonds. The fourth-order valence-electron chi connectivity index (χ4n) is 2.40. The summed E-state index contributed by atoms with van der Waals surface area (Å²) in [4.78, 5) is 19.9. The summed E-state index contributed by atoms with van der Waals surface area (Å²) in [5, 5.41) is 22.0. The second-order valence-electron chi connectivity index (χ2n) is 5.21. The van der Waals surface area contributed by atoms with E-state index in [4.69, 9.17) is 0 Å². The van der Waals surface area contributed by atoms with Crippen molar-refractivity contribution in [3.63, 3.8) is 0 Å². The molecule has 4 N–H and O–H groups in total. The van der Waals surface area contributed by atoms with E-state index >= 15 is 0 Å². The van der Waals surface area contributed by atoms with Crippen LogP contribution in [-0.2, 0) is 20.7 Å². The molecular formula is C13H12FN5O5S. The van der Waals surface area contributed by atoms with Gasteiger partial charge < -0.3 is 15.5 Å². The van der Waals surface area contributed by atoms with E-state index in [1.165, 1.54) is 37.3 Å². The molecule has 1 aromatic heterocycles. The number of benzene rings is 1. The largest absolute Gasteiger partial charge is 0.508 e. The smallest absolute Gasteiger partial charge is 0.333 e. The summed E-state index contributed by atoms with van der Waals surface area (Å²) in [7, 11) is -4.81. The van der Waals surface area contributed by atoms with Crippen LogP contribution in [0.3, 0.4) is 0 Å². The Balaban J connectivity index is 2.21. The van der Waals surface area contributed by atoms with E-state index in [1.807, 2.05) is 4.72 Å². The number of phenols is 1. The van der Waals surface area contributed by atoms with Gasteiger partial charge in [0.1, 0.15) is 5.75 Å². The summed E-state index contributed by atoms with van der Waals surface area (Å²) < 4.78 is 38.3. The number of hydrogen-bond acceptors (Lipinski definition) is 8. The van der Waals surface area contributed by atoms with Crippen LogP contribution in [0, 0.1) is 6.92 Å². The number of para-hydroxylation sites is 1. The molecule has 1 aromatic carbocycles. The normalized spacial score (nSPS) is 22.2. The number of anilines is 1. The second kappa shape index (κ2) is 5.53. The molecule has 0 bridgehead atoms. The van der Waals surface area contributed by atoms with Crippen LogP contribution in [0.25, 0.3) is 0 Å². The number of aryl methyl sites for hydroxylation is 1. The van der Waals surface area contributed by atoms with Crippen molar-refractivity contribution in [2.24, 2.45) is 0 Å². The Morgan fingerprint density at radius 3 is 2.52 bits per heavy atom. The zero-order chi connectivity index (χ0) is 18.4. The highest BCUT2D eigenvalue weighted by Gasteiger charge is 2.59. The quantitative estimate of drug-likeness (QED) is 0.554. The first-order chi connectivity index (χ1) is 11.7. The van der Waals surface area contributed by atoms with Crippen molar-refractivity contribution in [1.82, 2.24) is 19.2 Å². The monoisotopic (exact) mass is 369 g/mol. The van der Waals surface area contributed by atoms with Crippen molar-refractivity contribution in [3.8, 4) is 11.6 Å². The molecule has 1 saturated heterocycles. The molecule has 12 heteroatoms. The second-order valence-corrected chi connectivity index (χ2v) is 6.69. The number of aromatic nitrogens is 2. The van der Waals surface area contributed by atoms with Crippen molar-refractivity contribution in [1.29, 1.82) is 0 Å². The first-order valence-corrected chi connectivity index (χ1v) is 8.25. The van der Waals surface area contributed by atoms with Crippen LogP contribution < -0.4 is 10.0 Å². The summed E-state index contributed by atoms with van der Waals surface area (Å²) in [6, 6.07) is 6.48. The minimum atomic E-state index is -4.81. The van der Waals surface area contributed by atoms with Crippen LogP contribution >= 0.6 is 0 Å². The van der Waals surface area contributed by atoms with Gasteiger partial charge in [-0.25, -0.2) is 4.98 Å². The topological polar surface area (TPSA) is 145 Å². The Labute approximate surface area is 141 Å². The number of rotatable bonds is 3. The highest BCUT2D eigenvalue weighted by molar-refractivity contribution is 7.88. The van der Waals surface area contributed by atoms with Gasteiger partial charge >= 0.3 is 16.1 Å². The Hall–Kier alpha value is -2.99. The van der Waals surface area contributed by atoms with Gasteiger partial charge in [0.15, 0.2) is 0 Å². The Morgan fingerprint density at radius 2 is 1.96 bits per heavy atom. The molecule has 0 radical (unpaired) electrons. The molecule has 1 aliphatic rings. The van der Waals surface area contributed by atoms with Crippen molar-refractivity contribution < 1.29 is 27.9 Å². The number of aromatic hydroxyl groups is 2. The molecule has 2 heterocycles. The average molecular weight is 369 g/mol. The van der Waals surface area contributed by atoms with Gasteiger partial charge in [-0.05, 0) is 17.5 Å². The fraction of sp³-hybridized carbons (Fsp3) is 0.154. The lowest BCUT2D eigenvalue weighted by molar-refractivity contribution is -0.138. The summed E-state index contributed by atoms with van der Waals surface area (Å²) in [5.74, 6) is -2.84. The van der Waals surface area contributed by atoms with E-state index in [0.29, 0.717) is 5.69 Å². The lowest BCUT2D eigenvalue weighted by Gasteiger charge is -2.27. The van der Waals surface area contributed by atoms with Crippen LogP contribution in [-0.4, -0.2) is 39.0 Å². The van der Waals surface area contributed by atoms with Gasteiger partial charge in [0.2, 0.25) is 17.5 Å². The van der Waals surface area contributed by atoms with Crippen molar-refractivity contribution in [2.75, 3.05) is 5.32 Å². The van der Waals surface area contributed by atoms with E-state index in [-0.39, 0.29) is 11.5 Å². The number of carbonyl (C=O) groups excluding carboxylic acids is 1. The third-order valence-corrected chi connectivity index (χ3v) is 4.57. The van der Waals surface area contributed by atoms with Gasteiger partial charge in [-0.2, -0.15) is 18.1 Å². The predicted molar refractivity (Wildman–Crippen MR) is 81.9 cm³/mol. The number of nitrogens with one attached hydrogen (secondary N) is 2. The van der Waals surface area contributed by atoms with Crippen molar-refractivity contribution in [3.05, 3.63) is 41.6 Å². The minimum Gasteiger partial charge on any atom is -0.508 e. The molecule has 25 heavy (non-hydrogen) atoms. The van der Waals surface area contributed by atoms with Crippen molar-refractivity contribution in [2.45, 2.75) is 12.6 Å². The van der Waals surface area contributed by atoms with E-state index in [2.05, 4.69) is 15.3 Å². The molecule has 0 aliphatic carbocycles. The molecule has 0 saturated carbocycles. The van der Waals surface area contributed by atoms with Crippen molar-refractivity contribution >= 4 is 22.1 Å². The molecule has 0 spiro atoms. The highest BCUT2D eigenvalue weighted by Crippen LogP contribution is 2.37. The lowest BCUT2D eigenvalue weighted by Crippen LogP contribution is -2.51. The number of carbonyl (C=O) groups is 1. The maximum Gasteiger partial charge on any atom is 0.333 e. The molecule has 132 valence electrons. The Bertz CT molecular complexity index is 949. The molecule has 1 aliphatic heterocycles. The summed E-state index contributed by atoms with van der Waals surface area (Å²) in [6.07, 6.45) is 0. The predicted octanol–water partition coefficient (Wildman–Crippen LogP) is 0.0222. The van der Waals surface area contributed by atoms with E-state index in [9.17, 15) is 27.9 Å². The number of halogens is 1. The molecule has 1 atom stereocenters. The van der Waals surface area contributed by atoms with E-state index < -0.39 is 37.9 Å². The van der Waals surface area contributed by atoms with E-state index in [1.54, 1.807) is 0 Å². The van der Waals surface area contributed by atoms with Crippen LogP contribution in [0.1, 0.15) is 11.3 Å². The first kappa shape index (κ1) is 16.9. The van der Waals surface area contributed by atoms with Gasteiger partial charge in [-0.15, -0.1) is 0 Å². The average Bonchev–Trinajstić information content (AvgIpc) is 2.67. The maximum atomic E-state index is 13.9.